The second-order valence-electron chi connectivity index (χ2n) is 10.3. The predicted octanol–water partition coefficient (Wildman–Crippen LogP) is 8.59. The highest BCUT2D eigenvalue weighted by Crippen LogP contribution is 2.59. The molecule has 3 saturated carbocycles. The summed E-state index contributed by atoms with van der Waals surface area (Å²) >= 11 is 7.92. The molecule has 8 unspecified atom stereocenters. The number of allylic oxidation sites excluding steroid dienone is 1. The lowest BCUT2D eigenvalue weighted by Gasteiger charge is -2.47. The van der Waals surface area contributed by atoms with Crippen LogP contribution < -0.4 is 0 Å². The molecule has 4 aliphatic carbocycles. The van der Waals surface area contributed by atoms with Crippen LogP contribution in [0.3, 0.4) is 0 Å². The van der Waals surface area contributed by atoms with Crippen molar-refractivity contribution in [2.75, 3.05) is 0 Å². The van der Waals surface area contributed by atoms with Crippen molar-refractivity contribution in [2.24, 2.45) is 35.5 Å². The van der Waals surface area contributed by atoms with Crippen molar-refractivity contribution in [1.82, 2.24) is 0 Å². The summed E-state index contributed by atoms with van der Waals surface area (Å²) in [5.41, 5.74) is 4.56. The van der Waals surface area contributed by atoms with Gasteiger partial charge in [0.15, 0.2) is 0 Å². The highest BCUT2D eigenvalue weighted by Gasteiger charge is 2.51. The zero-order valence-corrected chi connectivity index (χ0v) is 20.5. The fourth-order valence-corrected chi connectivity index (χ4v) is 9.37. The molecule has 0 nitrogen and oxygen atoms in total. The Bertz CT molecular complexity index is 766. The molecule has 28 heavy (non-hydrogen) atoms. The Hall–Kier alpha value is -0.0800. The molecule has 0 bridgehead atoms. The van der Waals surface area contributed by atoms with E-state index in [1.165, 1.54) is 61.4 Å². The van der Waals surface area contributed by atoms with Crippen LogP contribution in [0.5, 0.6) is 0 Å². The van der Waals surface area contributed by atoms with Crippen molar-refractivity contribution >= 4 is 37.9 Å². The van der Waals surface area contributed by atoms with Gasteiger partial charge in [0, 0.05) is 15.2 Å². The standard InChI is InChI=1S/C26H34Br2/c1-15-12-22-20-6-3-4-7-21(20)26(28)14-23(22)18(15)11-10-17-16(2)13-24-19(17)8-5-9-25(24)27/h5,8-9,13,15,17-18,20-23,26H,3-4,6-7,10-12,14H2,1-2H3. The van der Waals surface area contributed by atoms with E-state index in [4.69, 9.17) is 0 Å². The van der Waals surface area contributed by atoms with Gasteiger partial charge in [-0.05, 0) is 98.1 Å². The average Bonchev–Trinajstić information content (AvgIpc) is 3.18. The maximum atomic E-state index is 4.16. The lowest BCUT2D eigenvalue weighted by atomic mass is 9.61. The van der Waals surface area contributed by atoms with E-state index in [1.807, 2.05) is 0 Å². The number of halogens is 2. The lowest BCUT2D eigenvalue weighted by Crippen LogP contribution is -2.41. The molecule has 1 aromatic carbocycles. The zero-order valence-electron chi connectivity index (χ0n) is 17.3. The van der Waals surface area contributed by atoms with Gasteiger partial charge >= 0.3 is 0 Å². The van der Waals surface area contributed by atoms with Crippen LogP contribution in [0.15, 0.2) is 28.2 Å². The average molecular weight is 506 g/mol. The van der Waals surface area contributed by atoms with Gasteiger partial charge in [0.1, 0.15) is 0 Å². The minimum atomic E-state index is 0.643. The minimum Gasteiger partial charge on any atom is -0.0887 e. The molecule has 0 radical (unpaired) electrons. The Labute approximate surface area is 188 Å². The van der Waals surface area contributed by atoms with E-state index in [0.717, 1.165) is 40.3 Å². The topological polar surface area (TPSA) is 0 Å². The third-order valence-electron chi connectivity index (χ3n) is 9.03. The monoisotopic (exact) mass is 504 g/mol. The molecule has 0 N–H and O–H groups in total. The molecule has 0 heterocycles. The van der Waals surface area contributed by atoms with Crippen molar-refractivity contribution in [1.29, 1.82) is 0 Å². The van der Waals surface area contributed by atoms with E-state index in [2.05, 4.69) is 70.0 Å². The molecule has 0 spiro atoms. The Morgan fingerprint density at radius 3 is 2.57 bits per heavy atom. The van der Waals surface area contributed by atoms with Gasteiger partial charge in [0.05, 0.1) is 0 Å². The Kier molecular flexibility index (Phi) is 5.59. The molecule has 0 amide bonds. The third kappa shape index (κ3) is 3.29. The van der Waals surface area contributed by atoms with Crippen molar-refractivity contribution in [3.05, 3.63) is 39.4 Å². The fourth-order valence-electron chi connectivity index (χ4n) is 7.79. The molecule has 4 aliphatic rings. The first-order valence-electron chi connectivity index (χ1n) is 11.6. The number of benzene rings is 1. The van der Waals surface area contributed by atoms with Gasteiger partial charge in [0.25, 0.3) is 0 Å². The maximum Gasteiger partial charge on any atom is 0.0250 e. The second-order valence-corrected chi connectivity index (χ2v) is 12.4. The van der Waals surface area contributed by atoms with E-state index in [9.17, 15) is 0 Å². The van der Waals surface area contributed by atoms with Crippen LogP contribution in [0.25, 0.3) is 6.08 Å². The molecule has 0 saturated heterocycles. The van der Waals surface area contributed by atoms with Gasteiger partial charge in [-0.3, -0.25) is 0 Å². The Balaban J connectivity index is 1.32. The van der Waals surface area contributed by atoms with Crippen LogP contribution >= 0.6 is 31.9 Å². The summed E-state index contributed by atoms with van der Waals surface area (Å²) in [7, 11) is 0. The van der Waals surface area contributed by atoms with Crippen molar-refractivity contribution in [2.45, 2.75) is 76.0 Å². The molecule has 2 heteroatoms. The number of hydrogen-bond acceptors (Lipinski definition) is 0. The molecule has 1 aromatic rings. The van der Waals surface area contributed by atoms with E-state index in [-0.39, 0.29) is 0 Å². The number of fused-ring (bicyclic) bond motifs is 4. The zero-order chi connectivity index (χ0) is 19.4. The van der Waals surface area contributed by atoms with Crippen LogP contribution in [0.1, 0.15) is 82.3 Å². The SMILES string of the molecule is CC1=Cc2c(Br)cccc2C1CCC1C(C)CC2C1CC(Br)C1CCCCC12. The largest absolute Gasteiger partial charge is 0.0887 e. The van der Waals surface area contributed by atoms with Crippen molar-refractivity contribution in [3.63, 3.8) is 0 Å². The summed E-state index contributed by atoms with van der Waals surface area (Å²) in [6.07, 6.45) is 14.1. The van der Waals surface area contributed by atoms with Crippen LogP contribution in [0.2, 0.25) is 0 Å². The number of hydrogen-bond donors (Lipinski definition) is 0. The summed E-state index contributed by atoms with van der Waals surface area (Å²) in [5, 5.41) is 0. The van der Waals surface area contributed by atoms with Gasteiger partial charge < -0.3 is 0 Å². The smallest absolute Gasteiger partial charge is 0.0250 e. The van der Waals surface area contributed by atoms with Gasteiger partial charge in [-0.15, -0.1) is 0 Å². The summed E-state index contributed by atoms with van der Waals surface area (Å²) in [5.74, 6) is 6.51. The van der Waals surface area contributed by atoms with Crippen molar-refractivity contribution in [3.8, 4) is 0 Å². The van der Waals surface area contributed by atoms with Crippen LogP contribution in [-0.4, -0.2) is 4.83 Å². The van der Waals surface area contributed by atoms with Crippen LogP contribution in [-0.2, 0) is 0 Å². The van der Waals surface area contributed by atoms with Crippen molar-refractivity contribution < 1.29 is 0 Å². The normalized spacial score (nSPS) is 41.9. The van der Waals surface area contributed by atoms with E-state index >= 15 is 0 Å². The lowest BCUT2D eigenvalue weighted by molar-refractivity contribution is 0.0643. The summed E-state index contributed by atoms with van der Waals surface area (Å²) in [6, 6.07) is 6.77. The van der Waals surface area contributed by atoms with Gasteiger partial charge in [0.2, 0.25) is 0 Å². The third-order valence-corrected chi connectivity index (χ3v) is 10.8. The van der Waals surface area contributed by atoms with E-state index < -0.39 is 0 Å². The highest BCUT2D eigenvalue weighted by molar-refractivity contribution is 9.10. The molecular weight excluding hydrogens is 472 g/mol. The first kappa shape index (κ1) is 19.9. The van der Waals surface area contributed by atoms with E-state index in [1.54, 1.807) is 11.1 Å². The molecule has 152 valence electrons. The number of rotatable bonds is 3. The molecule has 0 aromatic heterocycles. The first-order valence-corrected chi connectivity index (χ1v) is 13.4. The highest BCUT2D eigenvalue weighted by atomic mass is 79.9. The predicted molar refractivity (Wildman–Crippen MR) is 127 cm³/mol. The van der Waals surface area contributed by atoms with Gasteiger partial charge in [-0.1, -0.05) is 75.4 Å². The Morgan fingerprint density at radius 2 is 1.75 bits per heavy atom. The molecule has 3 fully saturated rings. The maximum absolute atomic E-state index is 4.16. The van der Waals surface area contributed by atoms with Crippen LogP contribution in [0, 0.1) is 35.5 Å². The molecule has 0 aliphatic heterocycles. The fraction of sp³-hybridized carbons (Fsp3) is 0.692. The quantitative estimate of drug-likeness (QED) is 0.360. The molecule has 5 rings (SSSR count). The Morgan fingerprint density at radius 1 is 0.964 bits per heavy atom. The van der Waals surface area contributed by atoms with Gasteiger partial charge in [-0.25, -0.2) is 0 Å². The molecule has 8 atom stereocenters. The van der Waals surface area contributed by atoms with Crippen LogP contribution in [0.4, 0.5) is 0 Å². The van der Waals surface area contributed by atoms with Gasteiger partial charge in [-0.2, -0.15) is 0 Å². The summed E-state index contributed by atoms with van der Waals surface area (Å²) in [4.78, 5) is 0.789. The first-order chi connectivity index (χ1) is 13.5. The van der Waals surface area contributed by atoms with E-state index in [0.29, 0.717) is 5.92 Å². The minimum absolute atomic E-state index is 0.643. The number of alkyl halides is 1. The second kappa shape index (κ2) is 7.88. The summed E-state index contributed by atoms with van der Waals surface area (Å²) < 4.78 is 1.26. The molecular formula is C26H34Br2. The summed E-state index contributed by atoms with van der Waals surface area (Å²) in [6.45, 7) is 4.92.